The fourth-order valence-electron chi connectivity index (χ4n) is 2.90. The van der Waals surface area contributed by atoms with Crippen LogP contribution in [0.3, 0.4) is 0 Å². The summed E-state index contributed by atoms with van der Waals surface area (Å²) in [5.41, 5.74) is 5.91. The quantitative estimate of drug-likeness (QED) is 0.876. The zero-order valence-electron chi connectivity index (χ0n) is 10.9. The van der Waals surface area contributed by atoms with Gasteiger partial charge in [0.25, 0.3) is 0 Å². The Morgan fingerprint density at radius 2 is 2.35 bits per heavy atom. The molecule has 0 saturated carbocycles. The van der Waals surface area contributed by atoms with Crippen LogP contribution in [0.4, 0.5) is 5.82 Å². The topological polar surface area (TPSA) is 55.3 Å². The van der Waals surface area contributed by atoms with Crippen molar-refractivity contribution in [1.82, 2.24) is 5.16 Å². The van der Waals surface area contributed by atoms with Crippen LogP contribution in [0.1, 0.15) is 38.4 Å². The summed E-state index contributed by atoms with van der Waals surface area (Å²) in [5.74, 6) is 2.44. The van der Waals surface area contributed by atoms with Gasteiger partial charge in [0.05, 0.1) is 0 Å². The molecule has 0 radical (unpaired) electrons. The molecule has 0 aliphatic carbocycles. The highest BCUT2D eigenvalue weighted by Crippen LogP contribution is 2.28. The van der Waals surface area contributed by atoms with Crippen LogP contribution < -0.4 is 10.6 Å². The molecule has 0 unspecified atom stereocenters. The summed E-state index contributed by atoms with van der Waals surface area (Å²) < 4.78 is 5.20. The van der Waals surface area contributed by atoms with Gasteiger partial charge in [0, 0.05) is 18.7 Å². The van der Waals surface area contributed by atoms with Crippen LogP contribution in [-0.2, 0) is 0 Å². The highest BCUT2D eigenvalue weighted by molar-refractivity contribution is 5.39. The van der Waals surface area contributed by atoms with Gasteiger partial charge in [-0.2, -0.15) is 0 Å². The summed E-state index contributed by atoms with van der Waals surface area (Å²) >= 11 is 0. The van der Waals surface area contributed by atoms with Crippen molar-refractivity contribution in [3.8, 4) is 0 Å². The van der Waals surface area contributed by atoms with Crippen molar-refractivity contribution in [1.29, 1.82) is 0 Å². The Bertz CT molecular complexity index is 350. The van der Waals surface area contributed by atoms with Gasteiger partial charge in [-0.15, -0.1) is 0 Å². The highest BCUT2D eigenvalue weighted by Gasteiger charge is 2.29. The molecule has 0 spiro atoms. The van der Waals surface area contributed by atoms with Gasteiger partial charge in [0.2, 0.25) is 0 Å². The van der Waals surface area contributed by atoms with Crippen molar-refractivity contribution >= 4 is 5.82 Å². The molecule has 0 amide bonds. The lowest BCUT2D eigenvalue weighted by Crippen LogP contribution is -2.42. The van der Waals surface area contributed by atoms with E-state index < -0.39 is 0 Å². The van der Waals surface area contributed by atoms with Gasteiger partial charge in [-0.3, -0.25) is 0 Å². The Balaban J connectivity index is 2.22. The largest absolute Gasteiger partial charge is 0.360 e. The number of hydrogen-bond donors (Lipinski definition) is 1. The molecule has 2 heterocycles. The van der Waals surface area contributed by atoms with Crippen LogP contribution in [0.25, 0.3) is 0 Å². The molecule has 2 rings (SSSR count). The number of nitrogens with two attached hydrogens (primary N) is 1. The van der Waals surface area contributed by atoms with Crippen LogP contribution in [0.2, 0.25) is 0 Å². The van der Waals surface area contributed by atoms with Gasteiger partial charge >= 0.3 is 0 Å². The van der Waals surface area contributed by atoms with Gasteiger partial charge in [-0.25, -0.2) is 0 Å². The second-order valence-electron chi connectivity index (χ2n) is 4.96. The van der Waals surface area contributed by atoms with Crippen LogP contribution in [0.5, 0.6) is 0 Å². The van der Waals surface area contributed by atoms with E-state index in [0.29, 0.717) is 12.0 Å². The molecule has 0 aromatic carbocycles. The Kier molecular flexibility index (Phi) is 4.05. The summed E-state index contributed by atoms with van der Waals surface area (Å²) in [7, 11) is 0. The van der Waals surface area contributed by atoms with E-state index >= 15 is 0 Å². The van der Waals surface area contributed by atoms with E-state index in [-0.39, 0.29) is 0 Å². The third-order valence-electron chi connectivity index (χ3n) is 3.80. The van der Waals surface area contributed by atoms with Crippen molar-refractivity contribution in [3.63, 3.8) is 0 Å². The van der Waals surface area contributed by atoms with E-state index in [1.165, 1.54) is 19.3 Å². The van der Waals surface area contributed by atoms with Crippen molar-refractivity contribution in [2.24, 2.45) is 11.7 Å². The lowest BCUT2D eigenvalue weighted by molar-refractivity contribution is 0.373. The minimum Gasteiger partial charge on any atom is -0.360 e. The number of anilines is 1. The summed E-state index contributed by atoms with van der Waals surface area (Å²) in [4.78, 5) is 2.39. The minimum atomic E-state index is 0.506. The molecule has 1 aromatic heterocycles. The second-order valence-corrected chi connectivity index (χ2v) is 4.96. The summed E-state index contributed by atoms with van der Waals surface area (Å²) in [6, 6.07) is 2.54. The first-order valence-corrected chi connectivity index (χ1v) is 6.66. The number of aromatic nitrogens is 1. The predicted octanol–water partition coefficient (Wildman–Crippen LogP) is 2.33. The number of nitrogens with zero attached hydrogens (tertiary/aromatic N) is 2. The number of rotatable bonds is 3. The molecule has 4 heteroatoms. The summed E-state index contributed by atoms with van der Waals surface area (Å²) in [6.07, 6.45) is 4.85. The third-order valence-corrected chi connectivity index (χ3v) is 3.80. The molecule has 1 saturated heterocycles. The van der Waals surface area contributed by atoms with Crippen LogP contribution in [-0.4, -0.2) is 24.3 Å². The molecular formula is C13H23N3O. The Hall–Kier alpha value is -1.03. The molecule has 1 aliphatic rings. The van der Waals surface area contributed by atoms with Crippen molar-refractivity contribution in [2.45, 2.75) is 45.6 Å². The van der Waals surface area contributed by atoms with Gasteiger partial charge in [-0.05, 0) is 38.6 Å². The maximum atomic E-state index is 5.91. The fraction of sp³-hybridized carbons (Fsp3) is 0.769. The molecular weight excluding hydrogens is 214 g/mol. The lowest BCUT2D eigenvalue weighted by atomic mass is 9.93. The average Bonchev–Trinajstić information content (AvgIpc) is 2.65. The maximum absolute atomic E-state index is 5.91. The fourth-order valence-corrected chi connectivity index (χ4v) is 2.90. The molecule has 1 fully saturated rings. The number of aryl methyl sites for hydroxylation is 1. The molecule has 17 heavy (non-hydrogen) atoms. The van der Waals surface area contributed by atoms with Gasteiger partial charge in [0.15, 0.2) is 5.82 Å². The molecule has 4 nitrogen and oxygen atoms in total. The van der Waals surface area contributed by atoms with Gasteiger partial charge < -0.3 is 15.2 Å². The van der Waals surface area contributed by atoms with Crippen LogP contribution in [0.15, 0.2) is 10.6 Å². The summed E-state index contributed by atoms with van der Waals surface area (Å²) in [5, 5.41) is 4.16. The monoisotopic (exact) mass is 237 g/mol. The predicted molar refractivity (Wildman–Crippen MR) is 69.1 cm³/mol. The zero-order valence-corrected chi connectivity index (χ0v) is 10.9. The van der Waals surface area contributed by atoms with E-state index in [9.17, 15) is 0 Å². The van der Waals surface area contributed by atoms with E-state index in [1.54, 1.807) is 0 Å². The zero-order chi connectivity index (χ0) is 12.3. The Morgan fingerprint density at radius 1 is 1.53 bits per heavy atom. The Labute approximate surface area is 103 Å². The van der Waals surface area contributed by atoms with Gasteiger partial charge in [-0.1, -0.05) is 18.5 Å². The molecule has 1 aliphatic heterocycles. The highest BCUT2D eigenvalue weighted by atomic mass is 16.5. The first kappa shape index (κ1) is 12.4. The minimum absolute atomic E-state index is 0.506. The van der Waals surface area contributed by atoms with Crippen LogP contribution in [0, 0.1) is 12.8 Å². The van der Waals surface area contributed by atoms with E-state index in [2.05, 4.69) is 17.0 Å². The lowest BCUT2D eigenvalue weighted by Gasteiger charge is -2.33. The summed E-state index contributed by atoms with van der Waals surface area (Å²) in [6.45, 7) is 6.01. The smallest absolute Gasteiger partial charge is 0.172 e. The van der Waals surface area contributed by atoms with E-state index in [0.717, 1.165) is 31.1 Å². The van der Waals surface area contributed by atoms with Crippen LogP contribution >= 0.6 is 0 Å². The first-order valence-electron chi connectivity index (χ1n) is 6.66. The maximum Gasteiger partial charge on any atom is 0.172 e. The molecule has 96 valence electrons. The molecule has 2 atom stereocenters. The first-order chi connectivity index (χ1) is 8.26. The van der Waals surface area contributed by atoms with Crippen molar-refractivity contribution in [2.75, 3.05) is 18.0 Å². The van der Waals surface area contributed by atoms with E-state index in [1.807, 2.05) is 13.0 Å². The number of hydrogen-bond acceptors (Lipinski definition) is 4. The third kappa shape index (κ3) is 2.63. The van der Waals surface area contributed by atoms with E-state index in [4.69, 9.17) is 10.3 Å². The van der Waals surface area contributed by atoms with Crippen molar-refractivity contribution in [3.05, 3.63) is 11.8 Å². The molecule has 0 bridgehead atoms. The average molecular weight is 237 g/mol. The molecule has 2 N–H and O–H groups in total. The Morgan fingerprint density at radius 3 is 2.94 bits per heavy atom. The second kappa shape index (κ2) is 5.54. The molecule has 1 aromatic rings. The van der Waals surface area contributed by atoms with Crippen molar-refractivity contribution < 1.29 is 4.52 Å². The van der Waals surface area contributed by atoms with Gasteiger partial charge in [0.1, 0.15) is 5.76 Å². The standard InChI is InChI=1S/C13H23N3O/c1-3-12-11(9-14)6-4-5-7-16(12)13-8-10(2)17-15-13/h8,11-12H,3-7,9,14H2,1-2H3/t11-,12-/m1/s1. The normalized spacial score (nSPS) is 25.9. The SMILES string of the molecule is CC[C@@H]1[C@@H](CN)CCCCN1c1cc(C)on1.